The van der Waals surface area contributed by atoms with Gasteiger partial charge in [0.05, 0.1) is 13.2 Å². The van der Waals surface area contributed by atoms with Crippen molar-refractivity contribution in [2.45, 2.75) is 50.9 Å². The van der Waals surface area contributed by atoms with E-state index in [9.17, 15) is 0 Å². The third-order valence-electron chi connectivity index (χ3n) is 3.21. The fourth-order valence-corrected chi connectivity index (χ4v) is 2.83. The van der Waals surface area contributed by atoms with Gasteiger partial charge in [-0.2, -0.15) is 0 Å². The summed E-state index contributed by atoms with van der Waals surface area (Å²) in [6.07, 6.45) is 2.21. The summed E-state index contributed by atoms with van der Waals surface area (Å²) in [6.45, 7) is 6.29. The quantitative estimate of drug-likeness (QED) is 0.648. The number of hydrogen-bond donors (Lipinski definition) is 1. The van der Waals surface area contributed by atoms with Crippen molar-refractivity contribution in [1.29, 1.82) is 0 Å². The first kappa shape index (κ1) is 9.44. The van der Waals surface area contributed by atoms with Crippen molar-refractivity contribution in [3.63, 3.8) is 0 Å². The lowest BCUT2D eigenvalue weighted by Gasteiger charge is -2.49. The third-order valence-corrected chi connectivity index (χ3v) is 3.21. The number of rotatable bonds is 1. The van der Waals surface area contributed by atoms with Crippen LogP contribution in [0.1, 0.15) is 26.7 Å². The van der Waals surface area contributed by atoms with Crippen LogP contribution in [0.2, 0.25) is 0 Å². The van der Waals surface area contributed by atoms with E-state index in [-0.39, 0.29) is 0 Å². The molecule has 2 N–H and O–H groups in total. The molecule has 2 aliphatic heterocycles. The monoisotopic (exact) mass is 184 g/mol. The molecule has 0 aromatic rings. The molecule has 0 saturated carbocycles. The van der Waals surface area contributed by atoms with Gasteiger partial charge in [0, 0.05) is 24.2 Å². The Morgan fingerprint density at radius 1 is 1.23 bits per heavy atom. The van der Waals surface area contributed by atoms with E-state index in [1.54, 1.807) is 0 Å². The Kier molecular flexibility index (Phi) is 2.58. The molecule has 2 unspecified atom stereocenters. The lowest BCUT2D eigenvalue weighted by Crippen LogP contribution is -2.61. The Morgan fingerprint density at radius 2 is 1.77 bits per heavy atom. The minimum absolute atomic E-state index is 0.397. The number of nitrogens with two attached hydrogens (primary N) is 1. The molecule has 0 radical (unpaired) electrons. The van der Waals surface area contributed by atoms with E-state index in [1.165, 1.54) is 0 Å². The molecule has 0 aromatic heterocycles. The zero-order valence-corrected chi connectivity index (χ0v) is 8.57. The van der Waals surface area contributed by atoms with E-state index in [0.29, 0.717) is 24.2 Å². The number of nitrogens with zero attached hydrogens (tertiary/aromatic N) is 1. The first-order valence-electron chi connectivity index (χ1n) is 5.29. The van der Waals surface area contributed by atoms with Crippen molar-refractivity contribution in [3.8, 4) is 0 Å². The molecule has 2 bridgehead atoms. The molecule has 2 aliphatic rings. The lowest BCUT2D eigenvalue weighted by molar-refractivity contribution is -0.0914. The number of fused-ring (bicyclic) bond motifs is 2. The summed E-state index contributed by atoms with van der Waals surface area (Å²) in [5.74, 6) is 0. The molecule has 2 fully saturated rings. The van der Waals surface area contributed by atoms with Gasteiger partial charge >= 0.3 is 0 Å². The van der Waals surface area contributed by atoms with Crippen LogP contribution in [0.15, 0.2) is 0 Å². The first-order chi connectivity index (χ1) is 6.18. The fourth-order valence-electron chi connectivity index (χ4n) is 2.83. The lowest BCUT2D eigenvalue weighted by atomic mass is 9.89. The molecule has 3 heteroatoms. The van der Waals surface area contributed by atoms with Crippen LogP contribution in [0.5, 0.6) is 0 Å². The summed E-state index contributed by atoms with van der Waals surface area (Å²) in [5.41, 5.74) is 6.01. The molecule has 2 saturated heterocycles. The molecule has 2 atom stereocenters. The minimum atomic E-state index is 0.397. The van der Waals surface area contributed by atoms with Gasteiger partial charge in [0.2, 0.25) is 0 Å². The number of hydrogen-bond acceptors (Lipinski definition) is 3. The van der Waals surface area contributed by atoms with E-state index < -0.39 is 0 Å². The number of piperidine rings is 1. The molecule has 0 aromatic carbocycles. The normalized spacial score (nSPS) is 41.1. The van der Waals surface area contributed by atoms with E-state index in [1.807, 2.05) is 0 Å². The largest absolute Gasteiger partial charge is 0.378 e. The van der Waals surface area contributed by atoms with Gasteiger partial charge in [-0.1, -0.05) is 0 Å². The highest BCUT2D eigenvalue weighted by Gasteiger charge is 2.38. The SMILES string of the molecule is CC(C)N1C2COCC1CC(N)C2. The maximum Gasteiger partial charge on any atom is 0.0623 e. The Labute approximate surface area is 80.2 Å². The van der Waals surface area contributed by atoms with Gasteiger partial charge in [0.1, 0.15) is 0 Å². The Hall–Kier alpha value is -0.120. The van der Waals surface area contributed by atoms with Gasteiger partial charge < -0.3 is 10.5 Å². The van der Waals surface area contributed by atoms with Crippen molar-refractivity contribution in [3.05, 3.63) is 0 Å². The number of morpholine rings is 1. The number of ether oxygens (including phenoxy) is 1. The topological polar surface area (TPSA) is 38.5 Å². The van der Waals surface area contributed by atoms with Gasteiger partial charge in [-0.25, -0.2) is 0 Å². The van der Waals surface area contributed by atoms with Gasteiger partial charge in [0.15, 0.2) is 0 Å². The second-order valence-corrected chi connectivity index (χ2v) is 4.62. The summed E-state index contributed by atoms with van der Waals surface area (Å²) in [7, 11) is 0. The molecule has 3 nitrogen and oxygen atoms in total. The fraction of sp³-hybridized carbons (Fsp3) is 1.00. The van der Waals surface area contributed by atoms with E-state index >= 15 is 0 Å². The third kappa shape index (κ3) is 1.73. The van der Waals surface area contributed by atoms with Crippen molar-refractivity contribution in [1.82, 2.24) is 4.90 Å². The Bertz CT molecular complexity index is 170. The van der Waals surface area contributed by atoms with Crippen LogP contribution < -0.4 is 5.73 Å². The van der Waals surface area contributed by atoms with Crippen molar-refractivity contribution < 1.29 is 4.74 Å². The van der Waals surface area contributed by atoms with Crippen LogP contribution in [0.25, 0.3) is 0 Å². The maximum absolute atomic E-state index is 6.01. The second-order valence-electron chi connectivity index (χ2n) is 4.62. The summed E-state index contributed by atoms with van der Waals surface area (Å²) in [6, 6.07) is 2.17. The van der Waals surface area contributed by atoms with Crippen LogP contribution >= 0.6 is 0 Å². The van der Waals surface area contributed by atoms with Crippen molar-refractivity contribution in [2.75, 3.05) is 13.2 Å². The molecule has 2 rings (SSSR count). The summed E-state index contributed by atoms with van der Waals surface area (Å²) < 4.78 is 5.57. The predicted molar refractivity (Wildman–Crippen MR) is 52.6 cm³/mol. The Balaban J connectivity index is 2.10. The summed E-state index contributed by atoms with van der Waals surface area (Å²) in [4.78, 5) is 2.59. The zero-order chi connectivity index (χ0) is 9.42. The zero-order valence-electron chi connectivity index (χ0n) is 8.57. The highest BCUT2D eigenvalue weighted by atomic mass is 16.5. The molecule has 13 heavy (non-hydrogen) atoms. The van der Waals surface area contributed by atoms with Crippen LogP contribution in [0.4, 0.5) is 0 Å². The highest BCUT2D eigenvalue weighted by Crippen LogP contribution is 2.28. The average molecular weight is 184 g/mol. The van der Waals surface area contributed by atoms with Gasteiger partial charge in [-0.15, -0.1) is 0 Å². The van der Waals surface area contributed by atoms with E-state index in [0.717, 1.165) is 26.1 Å². The maximum atomic E-state index is 6.01. The summed E-state index contributed by atoms with van der Waals surface area (Å²) >= 11 is 0. The van der Waals surface area contributed by atoms with Crippen molar-refractivity contribution >= 4 is 0 Å². The molecular weight excluding hydrogens is 164 g/mol. The smallest absolute Gasteiger partial charge is 0.0623 e. The first-order valence-corrected chi connectivity index (χ1v) is 5.29. The standard InChI is InChI=1S/C10H20N2O/c1-7(2)12-9-3-8(11)4-10(12)6-13-5-9/h7-10H,3-6,11H2,1-2H3. The molecule has 0 aliphatic carbocycles. The van der Waals surface area contributed by atoms with Crippen LogP contribution in [-0.4, -0.2) is 42.3 Å². The highest BCUT2D eigenvalue weighted by molar-refractivity contribution is 4.94. The molecule has 0 spiro atoms. The van der Waals surface area contributed by atoms with Gasteiger partial charge in [-0.05, 0) is 26.7 Å². The van der Waals surface area contributed by atoms with Crippen LogP contribution in [0, 0.1) is 0 Å². The molecule has 0 amide bonds. The van der Waals surface area contributed by atoms with Crippen LogP contribution in [-0.2, 0) is 4.74 Å². The van der Waals surface area contributed by atoms with Gasteiger partial charge in [-0.3, -0.25) is 4.90 Å². The minimum Gasteiger partial charge on any atom is -0.378 e. The van der Waals surface area contributed by atoms with E-state index in [4.69, 9.17) is 10.5 Å². The van der Waals surface area contributed by atoms with E-state index in [2.05, 4.69) is 18.7 Å². The Morgan fingerprint density at radius 3 is 2.23 bits per heavy atom. The molecule has 76 valence electrons. The summed E-state index contributed by atoms with van der Waals surface area (Å²) in [5, 5.41) is 0. The molecular formula is C10H20N2O. The predicted octanol–water partition coefficient (Wildman–Crippen LogP) is 0.585. The van der Waals surface area contributed by atoms with Gasteiger partial charge in [0.25, 0.3) is 0 Å². The van der Waals surface area contributed by atoms with Crippen LogP contribution in [0.3, 0.4) is 0 Å². The second kappa shape index (κ2) is 3.56. The average Bonchev–Trinajstić information content (AvgIpc) is 2.01. The van der Waals surface area contributed by atoms with Crippen molar-refractivity contribution in [2.24, 2.45) is 5.73 Å². The molecule has 2 heterocycles.